The molecule has 0 saturated heterocycles. The van der Waals surface area contributed by atoms with Crippen LogP contribution in [0.25, 0.3) is 0 Å². The third kappa shape index (κ3) is 4.61. The Balaban J connectivity index is 1.21. The second-order valence-corrected chi connectivity index (χ2v) is 10.1. The highest BCUT2D eigenvalue weighted by Crippen LogP contribution is 2.56. The summed E-state index contributed by atoms with van der Waals surface area (Å²) in [6.07, 6.45) is 12.6. The molecule has 0 spiro atoms. The van der Waals surface area contributed by atoms with Gasteiger partial charge < -0.3 is 16.4 Å². The molecule has 29 heavy (non-hydrogen) atoms. The van der Waals surface area contributed by atoms with Crippen molar-refractivity contribution in [2.45, 2.75) is 70.6 Å². The molecule has 0 aliphatic heterocycles. The molecule has 0 radical (unpaired) electrons. The highest BCUT2D eigenvalue weighted by atomic mass is 16.2. The molecule has 162 valence electrons. The summed E-state index contributed by atoms with van der Waals surface area (Å²) >= 11 is 0. The van der Waals surface area contributed by atoms with E-state index in [1.807, 2.05) is 0 Å². The highest BCUT2D eigenvalue weighted by Gasteiger charge is 2.49. The molecule has 6 nitrogen and oxygen atoms in total. The molecule has 6 heteroatoms. The maximum atomic E-state index is 13.0. The first kappa shape index (κ1) is 20.7. The zero-order valence-corrected chi connectivity index (χ0v) is 17.5. The lowest BCUT2D eigenvalue weighted by Crippen LogP contribution is -2.46. The topological polar surface area (TPSA) is 101 Å². The molecule has 4 saturated carbocycles. The number of carbonyl (C=O) groups excluding carboxylic acids is 3. The van der Waals surface area contributed by atoms with Crippen molar-refractivity contribution < 1.29 is 14.4 Å². The molecule has 0 aromatic heterocycles. The average molecular weight is 404 g/mol. The summed E-state index contributed by atoms with van der Waals surface area (Å²) in [5.74, 6) is 3.62. The summed E-state index contributed by atoms with van der Waals surface area (Å²) in [4.78, 5) is 35.9. The number of nitrogens with two attached hydrogens (primary N) is 1. The van der Waals surface area contributed by atoms with E-state index in [2.05, 4.69) is 10.6 Å². The Labute approximate surface area is 174 Å². The van der Waals surface area contributed by atoms with Crippen LogP contribution in [0.4, 0.5) is 0 Å². The normalized spacial score (nSPS) is 38.7. The van der Waals surface area contributed by atoms with E-state index in [1.165, 1.54) is 38.5 Å². The Morgan fingerprint density at radius 2 is 1.45 bits per heavy atom. The van der Waals surface area contributed by atoms with Crippen molar-refractivity contribution >= 4 is 17.7 Å². The molecular formula is C23H37N3O3. The lowest BCUT2D eigenvalue weighted by Gasteiger charge is -2.45. The Morgan fingerprint density at radius 1 is 0.759 bits per heavy atom. The Bertz CT molecular complexity index is 623. The van der Waals surface area contributed by atoms with Crippen LogP contribution in [0, 0.1) is 41.4 Å². The molecule has 4 N–H and O–H groups in total. The van der Waals surface area contributed by atoms with Crippen molar-refractivity contribution in [2.24, 2.45) is 47.2 Å². The number of hydrogen-bond donors (Lipinski definition) is 3. The highest BCUT2D eigenvalue weighted by molar-refractivity contribution is 5.85. The van der Waals surface area contributed by atoms with Crippen molar-refractivity contribution in [2.75, 3.05) is 13.1 Å². The minimum absolute atomic E-state index is 0.0295. The van der Waals surface area contributed by atoms with Crippen molar-refractivity contribution in [3.8, 4) is 0 Å². The number of carbonyl (C=O) groups is 3. The summed E-state index contributed by atoms with van der Waals surface area (Å²) in [6, 6.07) is 0. The SMILES string of the molecule is NC(=O)CNC(=O)C1CCC(CNC(=O)C2CCC3CCC4CCCC2C43)CC1. The second kappa shape index (κ2) is 9.05. The molecular weight excluding hydrogens is 366 g/mol. The molecule has 0 bridgehead atoms. The van der Waals surface area contributed by atoms with Crippen LogP contribution in [0.2, 0.25) is 0 Å². The lowest BCUT2D eigenvalue weighted by molar-refractivity contribution is -0.131. The van der Waals surface area contributed by atoms with Gasteiger partial charge in [-0.25, -0.2) is 0 Å². The van der Waals surface area contributed by atoms with Gasteiger partial charge in [0.2, 0.25) is 17.7 Å². The van der Waals surface area contributed by atoms with Crippen LogP contribution < -0.4 is 16.4 Å². The molecule has 0 aromatic rings. The van der Waals surface area contributed by atoms with E-state index >= 15 is 0 Å². The first-order valence-corrected chi connectivity index (χ1v) is 11.9. The van der Waals surface area contributed by atoms with Crippen LogP contribution in [0.3, 0.4) is 0 Å². The van der Waals surface area contributed by atoms with Gasteiger partial charge in [0.1, 0.15) is 0 Å². The van der Waals surface area contributed by atoms with Gasteiger partial charge in [0.15, 0.2) is 0 Å². The lowest BCUT2D eigenvalue weighted by atomic mass is 9.60. The predicted octanol–water partition coefficient (Wildman–Crippen LogP) is 2.36. The van der Waals surface area contributed by atoms with Crippen LogP contribution >= 0.6 is 0 Å². The summed E-state index contributed by atoms with van der Waals surface area (Å²) in [6.45, 7) is 0.662. The maximum Gasteiger partial charge on any atom is 0.236 e. The number of rotatable bonds is 6. The van der Waals surface area contributed by atoms with Crippen molar-refractivity contribution in [1.29, 1.82) is 0 Å². The van der Waals surface area contributed by atoms with Crippen molar-refractivity contribution in [1.82, 2.24) is 10.6 Å². The fourth-order valence-electron chi connectivity index (χ4n) is 7.10. The van der Waals surface area contributed by atoms with E-state index in [1.54, 1.807) is 0 Å². The number of primary amides is 1. The smallest absolute Gasteiger partial charge is 0.236 e. The van der Waals surface area contributed by atoms with Crippen LogP contribution in [-0.2, 0) is 14.4 Å². The Morgan fingerprint density at radius 3 is 2.17 bits per heavy atom. The third-order valence-electron chi connectivity index (χ3n) is 8.53. The maximum absolute atomic E-state index is 13.0. The van der Waals surface area contributed by atoms with Crippen LogP contribution in [0.5, 0.6) is 0 Å². The van der Waals surface area contributed by atoms with Gasteiger partial charge in [0, 0.05) is 18.4 Å². The van der Waals surface area contributed by atoms with Gasteiger partial charge in [-0.2, -0.15) is 0 Å². The molecule has 5 unspecified atom stereocenters. The van der Waals surface area contributed by atoms with Gasteiger partial charge in [0.05, 0.1) is 6.54 Å². The third-order valence-corrected chi connectivity index (χ3v) is 8.53. The standard InChI is InChI=1S/C23H37N3O3/c24-20(27)13-26-22(28)17-6-4-14(5-7-17)12-25-23(29)19-11-10-16-9-8-15-2-1-3-18(19)21(15)16/h14-19,21H,1-13H2,(H2,24,27)(H,25,29)(H,26,28). The first-order valence-electron chi connectivity index (χ1n) is 11.9. The Kier molecular flexibility index (Phi) is 6.45. The monoisotopic (exact) mass is 403 g/mol. The van der Waals surface area contributed by atoms with E-state index < -0.39 is 5.91 Å². The number of nitrogens with one attached hydrogen (secondary N) is 2. The van der Waals surface area contributed by atoms with Crippen LogP contribution in [0.1, 0.15) is 70.6 Å². The molecule has 4 aliphatic carbocycles. The second-order valence-electron chi connectivity index (χ2n) is 10.1. The number of amides is 3. The molecule has 0 heterocycles. The van der Waals surface area contributed by atoms with Crippen molar-refractivity contribution in [3.63, 3.8) is 0 Å². The van der Waals surface area contributed by atoms with E-state index in [0.29, 0.717) is 17.7 Å². The van der Waals surface area contributed by atoms with Crippen LogP contribution in [0.15, 0.2) is 0 Å². The molecule has 4 rings (SSSR count). The fourth-order valence-corrected chi connectivity index (χ4v) is 7.10. The summed E-state index contributed by atoms with van der Waals surface area (Å²) in [7, 11) is 0. The fraction of sp³-hybridized carbons (Fsp3) is 0.870. The van der Waals surface area contributed by atoms with E-state index in [0.717, 1.165) is 56.4 Å². The van der Waals surface area contributed by atoms with E-state index in [4.69, 9.17) is 5.73 Å². The molecule has 5 atom stereocenters. The van der Waals surface area contributed by atoms with Gasteiger partial charge in [-0.3, -0.25) is 14.4 Å². The zero-order valence-electron chi connectivity index (χ0n) is 17.5. The van der Waals surface area contributed by atoms with Gasteiger partial charge in [-0.05, 0) is 87.4 Å². The predicted molar refractivity (Wildman–Crippen MR) is 110 cm³/mol. The summed E-state index contributed by atoms with van der Waals surface area (Å²) < 4.78 is 0. The molecule has 4 fully saturated rings. The zero-order chi connectivity index (χ0) is 20.4. The molecule has 4 aliphatic rings. The molecule has 3 amide bonds. The minimum Gasteiger partial charge on any atom is -0.368 e. The van der Waals surface area contributed by atoms with Gasteiger partial charge >= 0.3 is 0 Å². The minimum atomic E-state index is -0.509. The summed E-state index contributed by atoms with van der Waals surface area (Å²) in [5.41, 5.74) is 5.09. The average Bonchev–Trinajstić information content (AvgIpc) is 3.16. The first-order chi connectivity index (χ1) is 14.0. The van der Waals surface area contributed by atoms with Gasteiger partial charge in [-0.1, -0.05) is 12.8 Å². The number of hydrogen-bond acceptors (Lipinski definition) is 3. The van der Waals surface area contributed by atoms with E-state index in [-0.39, 0.29) is 24.3 Å². The van der Waals surface area contributed by atoms with Gasteiger partial charge in [0.25, 0.3) is 0 Å². The quantitative estimate of drug-likeness (QED) is 0.634. The van der Waals surface area contributed by atoms with Gasteiger partial charge in [-0.15, -0.1) is 0 Å². The molecule has 0 aromatic carbocycles. The Hall–Kier alpha value is -1.59. The van der Waals surface area contributed by atoms with E-state index in [9.17, 15) is 14.4 Å². The van der Waals surface area contributed by atoms with Crippen LogP contribution in [-0.4, -0.2) is 30.8 Å². The summed E-state index contributed by atoms with van der Waals surface area (Å²) in [5, 5.41) is 5.90. The largest absolute Gasteiger partial charge is 0.368 e. The van der Waals surface area contributed by atoms with Crippen molar-refractivity contribution in [3.05, 3.63) is 0 Å².